The summed E-state index contributed by atoms with van der Waals surface area (Å²) >= 11 is 0. The minimum absolute atomic E-state index is 0.0131. The summed E-state index contributed by atoms with van der Waals surface area (Å²) in [6.07, 6.45) is 6.72. The van der Waals surface area contributed by atoms with E-state index in [1.54, 1.807) is 18.7 Å². The molecule has 1 saturated carbocycles. The highest BCUT2D eigenvalue weighted by Gasteiger charge is 2.42. The van der Waals surface area contributed by atoms with Crippen molar-refractivity contribution in [3.05, 3.63) is 54.2 Å². The number of aliphatic hydroxyl groups is 1. The molecule has 2 fully saturated rings. The highest BCUT2D eigenvalue weighted by atomic mass is 16.5. The van der Waals surface area contributed by atoms with E-state index in [4.69, 9.17) is 4.74 Å². The highest BCUT2D eigenvalue weighted by Crippen LogP contribution is 2.34. The van der Waals surface area contributed by atoms with E-state index >= 15 is 0 Å². The van der Waals surface area contributed by atoms with Crippen molar-refractivity contribution < 1.29 is 14.6 Å². The van der Waals surface area contributed by atoms with Gasteiger partial charge in [0, 0.05) is 25.5 Å². The number of morpholine rings is 1. The third-order valence-electron chi connectivity index (χ3n) is 5.91. The lowest BCUT2D eigenvalue weighted by Crippen LogP contribution is -2.51. The van der Waals surface area contributed by atoms with Crippen LogP contribution in [0.5, 0.6) is 0 Å². The maximum absolute atomic E-state index is 13.2. The van der Waals surface area contributed by atoms with Gasteiger partial charge in [-0.05, 0) is 37.0 Å². The van der Waals surface area contributed by atoms with Crippen molar-refractivity contribution in [1.29, 1.82) is 0 Å². The first-order valence-electron chi connectivity index (χ1n) is 9.97. The number of hydrogen-bond donors (Lipinski definition) is 1. The van der Waals surface area contributed by atoms with Crippen molar-refractivity contribution >= 4 is 17.1 Å². The Morgan fingerprint density at radius 2 is 2.17 bits per heavy atom. The zero-order valence-corrected chi connectivity index (χ0v) is 16.0. The van der Waals surface area contributed by atoms with Crippen LogP contribution in [0.15, 0.2) is 43.0 Å². The molecule has 0 aromatic carbocycles. The Morgan fingerprint density at radius 1 is 1.24 bits per heavy atom. The number of ether oxygens (including phenoxy) is 1. The van der Waals surface area contributed by atoms with E-state index in [-0.39, 0.29) is 30.6 Å². The normalized spacial score (nSPS) is 24.0. The number of carbonyl (C=O) groups is 1. The average molecular weight is 393 g/mol. The van der Waals surface area contributed by atoms with E-state index in [0.717, 1.165) is 24.2 Å². The molecular formula is C21H23N5O3. The molecule has 1 N–H and O–H groups in total. The number of imidazole rings is 1. The van der Waals surface area contributed by atoms with E-state index in [1.165, 1.54) is 0 Å². The molecule has 0 radical (unpaired) electrons. The van der Waals surface area contributed by atoms with Gasteiger partial charge in [-0.2, -0.15) is 0 Å². The number of aromatic nitrogens is 4. The zero-order valence-electron chi connectivity index (χ0n) is 16.0. The van der Waals surface area contributed by atoms with E-state index in [0.29, 0.717) is 30.8 Å². The van der Waals surface area contributed by atoms with Crippen molar-refractivity contribution in [2.75, 3.05) is 19.8 Å². The first-order chi connectivity index (χ1) is 14.2. The molecule has 1 aliphatic heterocycles. The van der Waals surface area contributed by atoms with Crippen molar-refractivity contribution in [3.8, 4) is 0 Å². The highest BCUT2D eigenvalue weighted by molar-refractivity contribution is 5.96. The van der Waals surface area contributed by atoms with E-state index < -0.39 is 0 Å². The van der Waals surface area contributed by atoms with Crippen LogP contribution >= 0.6 is 0 Å². The Bertz CT molecular complexity index is 1020. The number of hydrogen-bond acceptors (Lipinski definition) is 6. The van der Waals surface area contributed by atoms with Crippen LogP contribution in [0.2, 0.25) is 0 Å². The Morgan fingerprint density at radius 3 is 3.00 bits per heavy atom. The fourth-order valence-electron chi connectivity index (χ4n) is 4.47. The van der Waals surface area contributed by atoms with Gasteiger partial charge in [0.1, 0.15) is 5.52 Å². The van der Waals surface area contributed by atoms with Crippen LogP contribution in [0.1, 0.15) is 28.9 Å². The molecule has 1 saturated heterocycles. The number of amides is 1. The lowest BCUT2D eigenvalue weighted by Gasteiger charge is -2.37. The molecule has 0 bridgehead atoms. The standard InChI is InChI=1S/C21H23N5O3/c27-12-14-7-18-19(8-14)29-6-5-26(18)21(28)15-9-17-20(23-10-15)25(13-24-17)11-16-3-1-2-4-22-16/h1-4,9-10,13-14,18-19,27H,5-8,11-12H2/t14-,18+,19+/m1/s1. The summed E-state index contributed by atoms with van der Waals surface area (Å²) in [5, 5.41) is 9.50. The minimum atomic E-state index is -0.0458. The van der Waals surface area contributed by atoms with Gasteiger partial charge < -0.3 is 19.3 Å². The number of nitrogens with zero attached hydrogens (tertiary/aromatic N) is 5. The van der Waals surface area contributed by atoms with Gasteiger partial charge in [-0.25, -0.2) is 9.97 Å². The van der Waals surface area contributed by atoms with E-state index in [1.807, 2.05) is 33.7 Å². The Labute approximate surface area is 168 Å². The number of rotatable bonds is 4. The smallest absolute Gasteiger partial charge is 0.255 e. The monoisotopic (exact) mass is 393 g/mol. The second-order valence-electron chi connectivity index (χ2n) is 7.76. The lowest BCUT2D eigenvalue weighted by molar-refractivity contribution is -0.0448. The van der Waals surface area contributed by atoms with Crippen LogP contribution in [0.3, 0.4) is 0 Å². The summed E-state index contributed by atoms with van der Waals surface area (Å²) in [5.74, 6) is 0.150. The predicted molar refractivity (Wildman–Crippen MR) is 105 cm³/mol. The molecule has 4 heterocycles. The van der Waals surface area contributed by atoms with Gasteiger partial charge in [-0.15, -0.1) is 0 Å². The van der Waals surface area contributed by atoms with Crippen LogP contribution in [0.4, 0.5) is 0 Å². The molecule has 150 valence electrons. The molecule has 8 heteroatoms. The summed E-state index contributed by atoms with van der Waals surface area (Å²) < 4.78 is 7.77. The maximum atomic E-state index is 13.2. The molecule has 1 aliphatic carbocycles. The molecule has 2 aliphatic rings. The predicted octanol–water partition coefficient (Wildman–Crippen LogP) is 1.49. The van der Waals surface area contributed by atoms with Crippen LogP contribution < -0.4 is 0 Å². The maximum Gasteiger partial charge on any atom is 0.255 e. The summed E-state index contributed by atoms with van der Waals surface area (Å²) in [7, 11) is 0. The first kappa shape index (κ1) is 18.2. The molecule has 3 aromatic rings. The van der Waals surface area contributed by atoms with Crippen LogP contribution in [-0.2, 0) is 11.3 Å². The Hall–Kier alpha value is -2.84. The molecule has 1 amide bonds. The van der Waals surface area contributed by atoms with E-state index in [9.17, 15) is 9.90 Å². The quantitative estimate of drug-likeness (QED) is 0.722. The van der Waals surface area contributed by atoms with Gasteiger partial charge in [-0.3, -0.25) is 9.78 Å². The molecule has 29 heavy (non-hydrogen) atoms. The van der Waals surface area contributed by atoms with Gasteiger partial charge in [0.25, 0.3) is 5.91 Å². The minimum Gasteiger partial charge on any atom is -0.396 e. The van der Waals surface area contributed by atoms with Crippen molar-refractivity contribution in [2.24, 2.45) is 5.92 Å². The van der Waals surface area contributed by atoms with Crippen molar-refractivity contribution in [2.45, 2.75) is 31.5 Å². The first-order valence-corrected chi connectivity index (χ1v) is 9.97. The van der Waals surface area contributed by atoms with Crippen LogP contribution in [-0.4, -0.2) is 67.3 Å². The molecule has 0 spiro atoms. The topological polar surface area (TPSA) is 93.4 Å². The van der Waals surface area contributed by atoms with Gasteiger partial charge in [0.15, 0.2) is 5.65 Å². The molecule has 3 atom stereocenters. The van der Waals surface area contributed by atoms with Gasteiger partial charge in [-0.1, -0.05) is 6.07 Å². The fraction of sp³-hybridized carbons (Fsp3) is 0.429. The number of carbonyl (C=O) groups excluding carboxylic acids is 1. The molecule has 0 unspecified atom stereocenters. The van der Waals surface area contributed by atoms with Gasteiger partial charge in [0.2, 0.25) is 0 Å². The molecule has 8 nitrogen and oxygen atoms in total. The molecular weight excluding hydrogens is 370 g/mol. The largest absolute Gasteiger partial charge is 0.396 e. The van der Waals surface area contributed by atoms with E-state index in [2.05, 4.69) is 15.0 Å². The lowest BCUT2D eigenvalue weighted by atomic mass is 10.1. The third kappa shape index (κ3) is 3.38. The van der Waals surface area contributed by atoms with Crippen molar-refractivity contribution in [3.63, 3.8) is 0 Å². The number of pyridine rings is 2. The number of aliphatic hydroxyl groups excluding tert-OH is 1. The molecule has 3 aromatic heterocycles. The Balaban J connectivity index is 1.38. The fourth-order valence-corrected chi connectivity index (χ4v) is 4.47. The second-order valence-corrected chi connectivity index (χ2v) is 7.76. The van der Waals surface area contributed by atoms with Crippen molar-refractivity contribution in [1.82, 2.24) is 24.4 Å². The third-order valence-corrected chi connectivity index (χ3v) is 5.91. The molecule has 5 rings (SSSR count). The average Bonchev–Trinajstić information content (AvgIpc) is 3.37. The second kappa shape index (κ2) is 7.53. The van der Waals surface area contributed by atoms with Crippen LogP contribution in [0, 0.1) is 5.92 Å². The van der Waals surface area contributed by atoms with Crippen LogP contribution in [0.25, 0.3) is 11.2 Å². The Kier molecular flexibility index (Phi) is 4.73. The summed E-state index contributed by atoms with van der Waals surface area (Å²) in [4.78, 5) is 28.4. The SMILES string of the molecule is O=C(c1cnc2c(c1)ncn2Cc1ccccn1)N1CCO[C@H]2C[C@H](CO)C[C@@H]21. The zero-order chi connectivity index (χ0) is 19.8. The summed E-state index contributed by atoms with van der Waals surface area (Å²) in [5.41, 5.74) is 2.88. The number of fused-ring (bicyclic) bond motifs is 2. The van der Waals surface area contributed by atoms with Gasteiger partial charge >= 0.3 is 0 Å². The summed E-state index contributed by atoms with van der Waals surface area (Å²) in [6, 6.07) is 7.62. The van der Waals surface area contributed by atoms with Gasteiger partial charge in [0.05, 0.1) is 42.9 Å². The summed E-state index contributed by atoms with van der Waals surface area (Å²) in [6.45, 7) is 1.80.